The minimum atomic E-state index is -0.430. The fraction of sp³-hybridized carbons (Fsp3) is 0.765. The molecule has 2 heterocycles. The first-order valence-corrected chi connectivity index (χ1v) is 9.20. The zero-order valence-corrected chi connectivity index (χ0v) is 15.7. The lowest BCUT2D eigenvalue weighted by molar-refractivity contribution is 0.0165. The fourth-order valence-corrected chi connectivity index (χ4v) is 3.56. The Morgan fingerprint density at radius 1 is 1.57 bits per heavy atom. The van der Waals surface area contributed by atoms with E-state index >= 15 is 0 Å². The largest absolute Gasteiger partial charge is 0.444 e. The van der Waals surface area contributed by atoms with Crippen LogP contribution in [0.15, 0.2) is 6.20 Å². The molecule has 1 aliphatic rings. The number of hydrogen-bond acceptors (Lipinski definition) is 5. The van der Waals surface area contributed by atoms with Gasteiger partial charge in [-0.25, -0.2) is 9.78 Å². The van der Waals surface area contributed by atoms with E-state index in [1.54, 1.807) is 11.3 Å². The first-order chi connectivity index (χ1) is 10.7. The number of carbonyl (C=O) groups excluding carboxylic acids is 1. The molecule has 0 aromatic carbocycles. The van der Waals surface area contributed by atoms with E-state index in [9.17, 15) is 4.79 Å². The SMILES string of the molecule is Cc1ncc([C@H](C)NC[C@@H]2CCCN(C(=O)OC(C)(C)C)C2)s1. The molecule has 23 heavy (non-hydrogen) atoms. The number of ether oxygens (including phenoxy) is 1. The summed E-state index contributed by atoms with van der Waals surface area (Å²) in [6.45, 7) is 12.4. The van der Waals surface area contributed by atoms with E-state index in [1.807, 2.05) is 38.8 Å². The van der Waals surface area contributed by atoms with E-state index in [0.29, 0.717) is 12.0 Å². The summed E-state index contributed by atoms with van der Waals surface area (Å²) in [4.78, 5) is 19.6. The molecule has 130 valence electrons. The molecule has 0 spiro atoms. The van der Waals surface area contributed by atoms with Crippen LogP contribution in [0.2, 0.25) is 0 Å². The van der Waals surface area contributed by atoms with Gasteiger partial charge in [-0.05, 0) is 53.4 Å². The van der Waals surface area contributed by atoms with Crippen LogP contribution in [0.4, 0.5) is 4.79 Å². The number of nitrogens with one attached hydrogen (secondary N) is 1. The summed E-state index contributed by atoms with van der Waals surface area (Å²) in [5, 5.41) is 4.68. The Labute approximate surface area is 143 Å². The highest BCUT2D eigenvalue weighted by atomic mass is 32.1. The van der Waals surface area contributed by atoms with Crippen molar-refractivity contribution in [3.8, 4) is 0 Å². The number of rotatable bonds is 4. The standard InChI is InChI=1S/C17H29N3O2S/c1-12(15-10-19-13(2)23-15)18-9-14-7-6-8-20(11-14)16(21)22-17(3,4)5/h10,12,14,18H,6-9,11H2,1-5H3/t12-,14-/m0/s1. The predicted molar refractivity (Wildman–Crippen MR) is 93.8 cm³/mol. The van der Waals surface area contributed by atoms with E-state index in [-0.39, 0.29) is 6.09 Å². The van der Waals surface area contributed by atoms with E-state index in [4.69, 9.17) is 4.74 Å². The molecule has 2 atom stereocenters. The summed E-state index contributed by atoms with van der Waals surface area (Å²) in [6.07, 6.45) is 3.96. The number of aryl methyl sites for hydroxylation is 1. The molecule has 0 saturated carbocycles. The molecule has 1 saturated heterocycles. The average Bonchev–Trinajstić information content (AvgIpc) is 2.90. The number of carbonyl (C=O) groups is 1. The number of nitrogens with zero attached hydrogens (tertiary/aromatic N) is 2. The van der Waals surface area contributed by atoms with Crippen molar-refractivity contribution in [3.05, 3.63) is 16.1 Å². The van der Waals surface area contributed by atoms with Gasteiger partial charge < -0.3 is 15.0 Å². The molecule has 0 unspecified atom stereocenters. The first-order valence-electron chi connectivity index (χ1n) is 8.38. The Hall–Kier alpha value is -1.14. The van der Waals surface area contributed by atoms with E-state index in [0.717, 1.165) is 37.5 Å². The minimum absolute atomic E-state index is 0.187. The average molecular weight is 340 g/mol. The molecule has 0 radical (unpaired) electrons. The van der Waals surface area contributed by atoms with E-state index < -0.39 is 5.60 Å². The topological polar surface area (TPSA) is 54.5 Å². The molecular formula is C17H29N3O2S. The van der Waals surface area contributed by atoms with E-state index in [1.165, 1.54) is 4.88 Å². The molecule has 6 heteroatoms. The summed E-state index contributed by atoms with van der Waals surface area (Å²) < 4.78 is 5.48. The maximum Gasteiger partial charge on any atom is 0.410 e. The van der Waals surface area contributed by atoms with Gasteiger partial charge in [-0.2, -0.15) is 0 Å². The normalized spacial score (nSPS) is 20.4. The molecule has 0 aliphatic carbocycles. The van der Waals surface area contributed by atoms with Crippen LogP contribution in [0.5, 0.6) is 0 Å². The Bertz CT molecular complexity index is 524. The molecule has 5 nitrogen and oxygen atoms in total. The van der Waals surface area contributed by atoms with Gasteiger partial charge in [0.1, 0.15) is 5.60 Å². The highest BCUT2D eigenvalue weighted by Gasteiger charge is 2.27. The van der Waals surface area contributed by atoms with Crippen molar-refractivity contribution in [1.29, 1.82) is 0 Å². The van der Waals surface area contributed by atoms with Crippen molar-refractivity contribution in [2.24, 2.45) is 5.92 Å². The Morgan fingerprint density at radius 2 is 2.30 bits per heavy atom. The third-order valence-electron chi connectivity index (χ3n) is 3.95. The summed E-state index contributed by atoms with van der Waals surface area (Å²) in [5.74, 6) is 0.479. The van der Waals surface area contributed by atoms with Gasteiger partial charge in [-0.15, -0.1) is 11.3 Å². The third-order valence-corrected chi connectivity index (χ3v) is 5.04. The second-order valence-electron chi connectivity index (χ2n) is 7.35. The van der Waals surface area contributed by atoms with E-state index in [2.05, 4.69) is 17.2 Å². The molecule has 1 aliphatic heterocycles. The number of piperidine rings is 1. The van der Waals surface area contributed by atoms with Crippen LogP contribution in [0.3, 0.4) is 0 Å². The molecule has 1 aromatic heterocycles. The van der Waals surface area contributed by atoms with Crippen molar-refractivity contribution in [3.63, 3.8) is 0 Å². The van der Waals surface area contributed by atoms with Gasteiger partial charge in [0.25, 0.3) is 0 Å². The van der Waals surface area contributed by atoms with Crippen LogP contribution in [-0.4, -0.2) is 41.2 Å². The summed E-state index contributed by atoms with van der Waals surface area (Å²) in [6, 6.07) is 0.304. The summed E-state index contributed by atoms with van der Waals surface area (Å²) >= 11 is 1.74. The molecule has 1 fully saturated rings. The molecule has 2 rings (SSSR count). The van der Waals surface area contributed by atoms with Gasteiger partial charge in [-0.3, -0.25) is 0 Å². The molecule has 1 N–H and O–H groups in total. The second kappa shape index (κ2) is 7.62. The molecule has 1 amide bonds. The maximum atomic E-state index is 12.2. The quantitative estimate of drug-likeness (QED) is 0.908. The van der Waals surface area contributed by atoms with Crippen LogP contribution in [0, 0.1) is 12.8 Å². The highest BCUT2D eigenvalue weighted by molar-refractivity contribution is 7.11. The zero-order chi connectivity index (χ0) is 17.0. The van der Waals surface area contributed by atoms with Gasteiger partial charge in [0.05, 0.1) is 5.01 Å². The minimum Gasteiger partial charge on any atom is -0.444 e. The Balaban J connectivity index is 1.81. The fourth-order valence-electron chi connectivity index (χ4n) is 2.75. The molecular weight excluding hydrogens is 310 g/mol. The smallest absolute Gasteiger partial charge is 0.410 e. The van der Waals surface area contributed by atoms with Gasteiger partial charge >= 0.3 is 6.09 Å². The van der Waals surface area contributed by atoms with Crippen LogP contribution >= 0.6 is 11.3 Å². The number of thiazole rings is 1. The predicted octanol–water partition coefficient (Wildman–Crippen LogP) is 3.75. The Morgan fingerprint density at radius 3 is 2.91 bits per heavy atom. The van der Waals surface area contributed by atoms with Gasteiger partial charge in [0.2, 0.25) is 0 Å². The lowest BCUT2D eigenvalue weighted by atomic mass is 9.98. The van der Waals surface area contributed by atoms with Crippen molar-refractivity contribution in [2.75, 3.05) is 19.6 Å². The number of hydrogen-bond donors (Lipinski definition) is 1. The lowest BCUT2D eigenvalue weighted by Gasteiger charge is -2.34. The van der Waals surface area contributed by atoms with Crippen molar-refractivity contribution in [2.45, 2.75) is 59.1 Å². The van der Waals surface area contributed by atoms with Crippen LogP contribution in [-0.2, 0) is 4.74 Å². The van der Waals surface area contributed by atoms with Crippen LogP contribution in [0.1, 0.15) is 56.5 Å². The monoisotopic (exact) mass is 339 g/mol. The third kappa shape index (κ3) is 5.77. The van der Waals surface area contributed by atoms with Crippen molar-refractivity contribution < 1.29 is 9.53 Å². The van der Waals surface area contributed by atoms with Gasteiger partial charge in [0.15, 0.2) is 0 Å². The Kier molecular flexibility index (Phi) is 6.03. The molecule has 1 aromatic rings. The van der Waals surface area contributed by atoms with Gasteiger partial charge in [0, 0.05) is 36.8 Å². The lowest BCUT2D eigenvalue weighted by Crippen LogP contribution is -2.45. The second-order valence-corrected chi connectivity index (χ2v) is 8.61. The number of amides is 1. The maximum absolute atomic E-state index is 12.2. The summed E-state index contributed by atoms with van der Waals surface area (Å²) in [5.41, 5.74) is -0.430. The van der Waals surface area contributed by atoms with Gasteiger partial charge in [-0.1, -0.05) is 0 Å². The van der Waals surface area contributed by atoms with Crippen LogP contribution in [0.25, 0.3) is 0 Å². The summed E-state index contributed by atoms with van der Waals surface area (Å²) in [7, 11) is 0. The zero-order valence-electron chi connectivity index (χ0n) is 14.9. The van der Waals surface area contributed by atoms with Crippen molar-refractivity contribution in [1.82, 2.24) is 15.2 Å². The number of likely N-dealkylation sites (tertiary alicyclic amines) is 1. The molecule has 0 bridgehead atoms. The van der Waals surface area contributed by atoms with Crippen molar-refractivity contribution >= 4 is 17.4 Å². The number of aromatic nitrogens is 1. The van der Waals surface area contributed by atoms with Crippen LogP contribution < -0.4 is 5.32 Å². The highest BCUT2D eigenvalue weighted by Crippen LogP contribution is 2.22. The first kappa shape index (κ1) is 18.2.